The normalized spacial score (nSPS) is 23.5. The van der Waals surface area contributed by atoms with Gasteiger partial charge in [0.1, 0.15) is 5.82 Å². The monoisotopic (exact) mass is 298 g/mol. The molecule has 1 aromatic rings. The summed E-state index contributed by atoms with van der Waals surface area (Å²) in [6.07, 6.45) is 8.22. The molecule has 1 heterocycles. The maximum Gasteiger partial charge on any atom is 0.141 e. The lowest BCUT2D eigenvalue weighted by molar-refractivity contribution is 0.418. The van der Waals surface area contributed by atoms with Gasteiger partial charge in [-0.25, -0.2) is 4.39 Å². The molecule has 3 heteroatoms. The molecule has 0 spiro atoms. The molecule has 0 amide bonds. The second kappa shape index (κ2) is 7.44. The third-order valence-corrected chi connectivity index (χ3v) is 8.15. The van der Waals surface area contributed by atoms with Crippen LogP contribution in [0.3, 0.4) is 0 Å². The summed E-state index contributed by atoms with van der Waals surface area (Å²) in [7, 11) is -0.911. The Morgan fingerprint density at radius 2 is 2.00 bits per heavy atom. The number of unbranched alkanes of at least 4 members (excludes halogenated alkanes) is 2. The van der Waals surface area contributed by atoms with Gasteiger partial charge in [0.05, 0.1) is 13.8 Å². The van der Waals surface area contributed by atoms with Crippen molar-refractivity contribution in [2.75, 3.05) is 0 Å². The fourth-order valence-electron chi connectivity index (χ4n) is 3.23. The molecule has 0 atom stereocenters. The van der Waals surface area contributed by atoms with Crippen molar-refractivity contribution in [3.63, 3.8) is 0 Å². The van der Waals surface area contributed by atoms with E-state index in [0.29, 0.717) is 0 Å². The largest absolute Gasteiger partial charge is 0.205 e. The van der Waals surface area contributed by atoms with Gasteiger partial charge in [-0.1, -0.05) is 80.4 Å². The lowest BCUT2D eigenvalue weighted by Crippen LogP contribution is -2.34. The first-order valence-electron chi connectivity index (χ1n) is 7.65. The van der Waals surface area contributed by atoms with E-state index in [9.17, 15) is 4.39 Å². The Hall–Kier alpha value is -0.343. The van der Waals surface area contributed by atoms with Crippen LogP contribution < -0.4 is 5.19 Å². The van der Waals surface area contributed by atoms with Crippen molar-refractivity contribution in [1.29, 1.82) is 0 Å². The molecule has 0 N–H and O–H groups in total. The summed E-state index contributed by atoms with van der Waals surface area (Å²) in [5.74, 6) is 0.698. The van der Waals surface area contributed by atoms with Crippen LogP contribution >= 0.6 is 11.6 Å². The first-order valence-corrected chi connectivity index (χ1v) is 10.2. The van der Waals surface area contributed by atoms with Crippen LogP contribution in [0.2, 0.25) is 17.1 Å². The number of benzene rings is 1. The molecule has 0 nitrogen and oxygen atoms in total. The summed E-state index contributed by atoms with van der Waals surface area (Å²) in [4.78, 5) is 0. The second-order valence-corrected chi connectivity index (χ2v) is 9.51. The Balaban J connectivity index is 1.84. The van der Waals surface area contributed by atoms with Crippen molar-refractivity contribution in [2.45, 2.75) is 57.5 Å². The summed E-state index contributed by atoms with van der Waals surface area (Å²) in [6, 6.07) is 8.17. The van der Waals surface area contributed by atoms with Gasteiger partial charge in [0.2, 0.25) is 0 Å². The zero-order valence-corrected chi connectivity index (χ0v) is 13.7. The van der Waals surface area contributed by atoms with E-state index < -0.39 is 8.80 Å². The van der Waals surface area contributed by atoms with E-state index in [-0.39, 0.29) is 10.8 Å². The highest BCUT2D eigenvalue weighted by molar-refractivity contribution is 6.73. The van der Waals surface area contributed by atoms with Crippen molar-refractivity contribution < 1.29 is 4.39 Å². The highest BCUT2D eigenvalue weighted by atomic mass is 35.5. The van der Waals surface area contributed by atoms with E-state index in [2.05, 4.69) is 13.0 Å². The molecule has 0 bridgehead atoms. The maximum atomic E-state index is 13.5. The van der Waals surface area contributed by atoms with Crippen molar-refractivity contribution in [3.8, 4) is 0 Å². The van der Waals surface area contributed by atoms with Crippen molar-refractivity contribution >= 4 is 25.6 Å². The molecule has 2 rings (SSSR count). The fraction of sp³-hybridized carbons (Fsp3) is 0.625. The molecule has 0 radical (unpaired) electrons. The smallest absolute Gasteiger partial charge is 0.141 e. The standard InChI is InChI=1S/C16H24ClFSi/c1-2-3-4-5-13-8-10-19(11-9-13)14-6-7-15(17)16(18)12-14/h6-7,12-13,19H,2-5,8-11H2,1H3. The molecule has 1 aromatic carbocycles. The zero-order valence-electron chi connectivity index (χ0n) is 11.8. The molecule has 1 saturated heterocycles. The Labute approximate surface area is 123 Å². The molecule has 1 aliphatic heterocycles. The average Bonchev–Trinajstić information content (AvgIpc) is 2.43. The highest BCUT2D eigenvalue weighted by Crippen LogP contribution is 2.29. The lowest BCUT2D eigenvalue weighted by atomic mass is 9.96. The van der Waals surface area contributed by atoms with Gasteiger partial charge in [-0.15, -0.1) is 0 Å². The van der Waals surface area contributed by atoms with Gasteiger partial charge in [0.15, 0.2) is 0 Å². The number of hydrogen-bond acceptors (Lipinski definition) is 0. The SMILES string of the molecule is CCCCCC1CC[SiH](c2ccc(Cl)c(F)c2)CC1. The predicted molar refractivity (Wildman–Crippen MR) is 84.7 cm³/mol. The van der Waals surface area contributed by atoms with E-state index in [4.69, 9.17) is 11.6 Å². The Morgan fingerprint density at radius 3 is 2.63 bits per heavy atom. The summed E-state index contributed by atoms with van der Waals surface area (Å²) >= 11 is 5.75. The van der Waals surface area contributed by atoms with E-state index in [1.807, 2.05) is 0 Å². The van der Waals surface area contributed by atoms with Crippen LogP contribution in [0.25, 0.3) is 0 Å². The highest BCUT2D eigenvalue weighted by Gasteiger charge is 2.23. The number of halogens is 2. The Kier molecular flexibility index (Phi) is 5.90. The summed E-state index contributed by atoms with van der Waals surface area (Å²) < 4.78 is 13.5. The van der Waals surface area contributed by atoms with E-state index >= 15 is 0 Å². The van der Waals surface area contributed by atoms with Crippen molar-refractivity contribution in [1.82, 2.24) is 0 Å². The molecule has 0 unspecified atom stereocenters. The molecule has 0 aromatic heterocycles. The Morgan fingerprint density at radius 1 is 1.26 bits per heavy atom. The number of rotatable bonds is 5. The first-order chi connectivity index (χ1) is 9.20. The minimum atomic E-state index is -0.911. The van der Waals surface area contributed by atoms with Gasteiger partial charge in [-0.2, -0.15) is 0 Å². The third kappa shape index (κ3) is 4.32. The predicted octanol–water partition coefficient (Wildman–Crippen LogP) is 4.90. The van der Waals surface area contributed by atoms with Gasteiger partial charge in [-0.05, 0) is 18.1 Å². The van der Waals surface area contributed by atoms with Gasteiger partial charge in [-0.3, -0.25) is 0 Å². The Bertz CT molecular complexity index is 400. The molecular formula is C16H24ClFSi. The molecule has 1 aliphatic rings. The third-order valence-electron chi connectivity index (χ3n) is 4.48. The molecule has 0 saturated carbocycles. The minimum absolute atomic E-state index is 0.239. The van der Waals surface area contributed by atoms with Crippen LogP contribution in [0.15, 0.2) is 18.2 Å². The van der Waals surface area contributed by atoms with Crippen LogP contribution in [0.5, 0.6) is 0 Å². The van der Waals surface area contributed by atoms with Crippen LogP contribution in [0.4, 0.5) is 4.39 Å². The average molecular weight is 299 g/mol. The van der Waals surface area contributed by atoms with E-state index in [1.54, 1.807) is 12.1 Å². The molecule has 1 fully saturated rings. The first kappa shape index (κ1) is 15.1. The lowest BCUT2D eigenvalue weighted by Gasteiger charge is -2.28. The van der Waals surface area contributed by atoms with Crippen LogP contribution in [-0.4, -0.2) is 8.80 Å². The minimum Gasteiger partial charge on any atom is -0.205 e. The molecule has 19 heavy (non-hydrogen) atoms. The second-order valence-electron chi connectivity index (χ2n) is 5.89. The summed E-state index contributed by atoms with van der Waals surface area (Å²) in [5.41, 5.74) is 0. The molecule has 0 aliphatic carbocycles. The van der Waals surface area contributed by atoms with Crippen LogP contribution in [0.1, 0.15) is 45.4 Å². The van der Waals surface area contributed by atoms with Gasteiger partial charge in [0, 0.05) is 0 Å². The van der Waals surface area contributed by atoms with Gasteiger partial charge >= 0.3 is 0 Å². The maximum absolute atomic E-state index is 13.5. The van der Waals surface area contributed by atoms with Gasteiger partial charge < -0.3 is 0 Å². The van der Waals surface area contributed by atoms with E-state index in [1.165, 1.54) is 55.8 Å². The quantitative estimate of drug-likeness (QED) is 0.535. The van der Waals surface area contributed by atoms with E-state index in [0.717, 1.165) is 5.92 Å². The topological polar surface area (TPSA) is 0 Å². The zero-order chi connectivity index (χ0) is 13.7. The summed E-state index contributed by atoms with van der Waals surface area (Å²) in [5, 5.41) is 1.53. The number of hydrogen-bond donors (Lipinski definition) is 0. The van der Waals surface area contributed by atoms with Crippen LogP contribution in [0, 0.1) is 11.7 Å². The van der Waals surface area contributed by atoms with Crippen molar-refractivity contribution in [2.24, 2.45) is 5.92 Å². The molecule has 106 valence electrons. The van der Waals surface area contributed by atoms with Crippen LogP contribution in [-0.2, 0) is 0 Å². The summed E-state index contributed by atoms with van der Waals surface area (Å²) in [6.45, 7) is 2.26. The van der Waals surface area contributed by atoms with Crippen molar-refractivity contribution in [3.05, 3.63) is 29.0 Å². The fourth-order valence-corrected chi connectivity index (χ4v) is 6.80. The van der Waals surface area contributed by atoms with Gasteiger partial charge in [0.25, 0.3) is 0 Å². The molecular weight excluding hydrogens is 275 g/mol.